The third-order valence-electron chi connectivity index (χ3n) is 2.21. The van der Waals surface area contributed by atoms with Crippen molar-refractivity contribution in [1.29, 1.82) is 0 Å². The molecule has 0 heteroatoms. The second kappa shape index (κ2) is 2.93. The minimum atomic E-state index is 0.248. The van der Waals surface area contributed by atoms with Gasteiger partial charge in [0.05, 0.1) is 0 Å². The third kappa shape index (κ3) is 1.88. The van der Waals surface area contributed by atoms with Gasteiger partial charge in [-0.1, -0.05) is 39.0 Å². The lowest BCUT2D eigenvalue weighted by Crippen LogP contribution is -2.11. The van der Waals surface area contributed by atoms with Crippen molar-refractivity contribution in [2.75, 3.05) is 0 Å². The smallest absolute Gasteiger partial charge is 0.0132 e. The van der Waals surface area contributed by atoms with Crippen molar-refractivity contribution in [3.8, 4) is 0 Å². The highest BCUT2D eigenvalue weighted by Crippen LogP contribution is 2.23. The van der Waals surface area contributed by atoms with E-state index in [1.165, 1.54) is 11.1 Å². The third-order valence-corrected chi connectivity index (χ3v) is 2.21. The van der Waals surface area contributed by atoms with Crippen LogP contribution >= 0.6 is 0 Å². The van der Waals surface area contributed by atoms with E-state index >= 15 is 0 Å². The summed E-state index contributed by atoms with van der Waals surface area (Å²) in [5, 5.41) is 0. The van der Waals surface area contributed by atoms with Crippen LogP contribution in [0.2, 0.25) is 0 Å². The normalized spacial score (nSPS) is 11.8. The van der Waals surface area contributed by atoms with Crippen LogP contribution in [0.4, 0.5) is 0 Å². The summed E-state index contributed by atoms with van der Waals surface area (Å²) in [4.78, 5) is 0. The van der Waals surface area contributed by atoms with Crippen LogP contribution in [0.5, 0.6) is 0 Å². The predicted molar refractivity (Wildman–Crippen MR) is 54.3 cm³/mol. The van der Waals surface area contributed by atoms with Gasteiger partial charge in [-0.25, -0.2) is 0 Å². The van der Waals surface area contributed by atoms with Crippen molar-refractivity contribution in [1.82, 2.24) is 0 Å². The minimum Gasteiger partial charge on any atom is -0.0585 e. The van der Waals surface area contributed by atoms with E-state index < -0.39 is 0 Å². The van der Waals surface area contributed by atoms with Crippen molar-refractivity contribution in [3.63, 3.8) is 0 Å². The topological polar surface area (TPSA) is 0 Å². The van der Waals surface area contributed by atoms with E-state index in [0.717, 1.165) is 5.56 Å². The maximum Gasteiger partial charge on any atom is -0.0132 e. The Labute approximate surface area is 75.6 Å². The van der Waals surface area contributed by atoms with Crippen molar-refractivity contribution in [2.45, 2.75) is 33.1 Å². The highest BCUT2D eigenvalue weighted by molar-refractivity contribution is 5.35. The van der Waals surface area contributed by atoms with Gasteiger partial charge in [-0.15, -0.1) is 0 Å². The van der Waals surface area contributed by atoms with E-state index in [0.29, 0.717) is 0 Å². The van der Waals surface area contributed by atoms with Gasteiger partial charge in [0, 0.05) is 0 Å². The Kier molecular flexibility index (Phi) is 2.27. The molecular weight excluding hydrogens is 144 g/mol. The summed E-state index contributed by atoms with van der Waals surface area (Å²) < 4.78 is 0. The lowest BCUT2D eigenvalue weighted by molar-refractivity contribution is 0.589. The number of hydrogen-bond acceptors (Lipinski definition) is 0. The Balaban J connectivity index is 3.14. The van der Waals surface area contributed by atoms with Crippen LogP contribution in [-0.4, -0.2) is 0 Å². The molecule has 0 spiro atoms. The molecule has 0 saturated heterocycles. The van der Waals surface area contributed by atoms with Crippen molar-refractivity contribution >= 4 is 0 Å². The molecule has 0 aromatic heterocycles. The van der Waals surface area contributed by atoms with Gasteiger partial charge >= 0.3 is 0 Å². The molecule has 0 aliphatic carbocycles. The molecule has 0 fully saturated rings. The van der Waals surface area contributed by atoms with Gasteiger partial charge in [0.25, 0.3) is 0 Å². The molecule has 1 aromatic rings. The Morgan fingerprint density at radius 1 is 1.17 bits per heavy atom. The van der Waals surface area contributed by atoms with Crippen LogP contribution in [-0.2, 0) is 5.41 Å². The molecule has 0 saturated carbocycles. The fourth-order valence-corrected chi connectivity index (χ4v) is 1.16. The molecule has 0 bridgehead atoms. The molecule has 0 aliphatic rings. The van der Waals surface area contributed by atoms with E-state index in [4.69, 9.17) is 0 Å². The molecule has 1 aromatic carbocycles. The van der Waals surface area contributed by atoms with Crippen LogP contribution < -0.4 is 0 Å². The Bertz CT molecular complexity index is 277. The van der Waals surface area contributed by atoms with Crippen molar-refractivity contribution in [3.05, 3.63) is 41.8 Å². The molecule has 0 unspecified atom stereocenters. The number of benzene rings is 1. The molecule has 0 N–H and O–H groups in total. The van der Waals surface area contributed by atoms with Gasteiger partial charge < -0.3 is 0 Å². The Morgan fingerprint density at radius 3 is 2.17 bits per heavy atom. The Morgan fingerprint density at radius 2 is 1.75 bits per heavy atom. The summed E-state index contributed by atoms with van der Waals surface area (Å²) in [6.07, 6.45) is 0. The van der Waals surface area contributed by atoms with Gasteiger partial charge in [-0.3, -0.25) is 0 Å². The summed E-state index contributed by atoms with van der Waals surface area (Å²) in [5.41, 5.74) is 4.04. The summed E-state index contributed by atoms with van der Waals surface area (Å²) >= 11 is 0. The molecule has 12 heavy (non-hydrogen) atoms. The van der Waals surface area contributed by atoms with E-state index in [1.807, 2.05) is 0 Å². The summed E-state index contributed by atoms with van der Waals surface area (Å²) in [7, 11) is 0. The fourth-order valence-electron chi connectivity index (χ4n) is 1.16. The summed E-state index contributed by atoms with van der Waals surface area (Å²) in [5.74, 6) is 0. The second-order valence-electron chi connectivity index (χ2n) is 4.39. The molecule has 0 heterocycles. The van der Waals surface area contributed by atoms with Crippen LogP contribution in [0.3, 0.4) is 0 Å². The van der Waals surface area contributed by atoms with Crippen molar-refractivity contribution < 1.29 is 0 Å². The number of rotatable bonds is 0. The molecule has 1 radical (unpaired) electrons. The highest BCUT2D eigenvalue weighted by Gasteiger charge is 2.13. The maximum absolute atomic E-state index is 3.94. The predicted octanol–water partition coefficient (Wildman–Crippen LogP) is 3.47. The largest absolute Gasteiger partial charge is 0.0585 e. The molecular formula is C12H17. The van der Waals surface area contributed by atoms with E-state index in [-0.39, 0.29) is 5.41 Å². The first-order valence-electron chi connectivity index (χ1n) is 4.34. The van der Waals surface area contributed by atoms with Crippen LogP contribution in [0.25, 0.3) is 0 Å². The van der Waals surface area contributed by atoms with Crippen LogP contribution in [0.15, 0.2) is 18.2 Å². The fraction of sp³-hybridized carbons (Fsp3) is 0.417. The zero-order chi connectivity index (χ0) is 9.35. The van der Waals surface area contributed by atoms with Gasteiger partial charge in [0.2, 0.25) is 0 Å². The summed E-state index contributed by atoms with van der Waals surface area (Å²) in [6, 6.07) is 6.48. The zero-order valence-corrected chi connectivity index (χ0v) is 8.44. The molecule has 0 aliphatic heterocycles. The molecule has 0 atom stereocenters. The standard InChI is InChI=1S/C12H17/c1-9-6-7-11(8-10(9)2)12(3,4)5/h6-8H,1H2,2-5H3. The monoisotopic (exact) mass is 161 g/mol. The Hall–Kier alpha value is -0.780. The van der Waals surface area contributed by atoms with Crippen molar-refractivity contribution in [2.24, 2.45) is 0 Å². The number of aryl methyl sites for hydroxylation is 1. The van der Waals surface area contributed by atoms with Gasteiger partial charge in [-0.2, -0.15) is 0 Å². The average molecular weight is 161 g/mol. The molecule has 0 nitrogen and oxygen atoms in total. The lowest BCUT2D eigenvalue weighted by atomic mass is 9.85. The maximum atomic E-state index is 3.94. The second-order valence-corrected chi connectivity index (χ2v) is 4.39. The first-order chi connectivity index (χ1) is 5.41. The zero-order valence-electron chi connectivity index (χ0n) is 8.44. The highest BCUT2D eigenvalue weighted by atomic mass is 14.2. The molecule has 1 rings (SSSR count). The average Bonchev–Trinajstić information content (AvgIpc) is 1.92. The van der Waals surface area contributed by atoms with Gasteiger partial charge in [0.1, 0.15) is 0 Å². The van der Waals surface area contributed by atoms with Gasteiger partial charge in [-0.05, 0) is 36.0 Å². The van der Waals surface area contributed by atoms with E-state index in [2.05, 4.69) is 52.8 Å². The molecule has 0 amide bonds. The first kappa shape index (κ1) is 9.31. The number of hydrogen-bond donors (Lipinski definition) is 0. The van der Waals surface area contributed by atoms with E-state index in [1.54, 1.807) is 0 Å². The van der Waals surface area contributed by atoms with Gasteiger partial charge in [0.15, 0.2) is 0 Å². The minimum absolute atomic E-state index is 0.248. The van der Waals surface area contributed by atoms with Crippen LogP contribution in [0, 0.1) is 13.8 Å². The SMILES string of the molecule is [CH2]c1ccc(C(C)(C)C)cc1C. The van der Waals surface area contributed by atoms with E-state index in [9.17, 15) is 0 Å². The lowest BCUT2D eigenvalue weighted by Gasteiger charge is -2.19. The quantitative estimate of drug-likeness (QED) is 0.546. The summed E-state index contributed by atoms with van der Waals surface area (Å²) in [6.45, 7) is 12.7. The first-order valence-corrected chi connectivity index (χ1v) is 4.34. The van der Waals surface area contributed by atoms with Crippen LogP contribution in [0.1, 0.15) is 37.5 Å². The molecule has 65 valence electrons.